The maximum atomic E-state index is 13.1. The molecule has 0 radical (unpaired) electrons. The van der Waals surface area contributed by atoms with Gasteiger partial charge in [0, 0.05) is 34.4 Å². The number of sulfone groups is 1. The van der Waals surface area contributed by atoms with Crippen molar-refractivity contribution < 1.29 is 18.0 Å². The third-order valence-corrected chi connectivity index (χ3v) is 7.60. The number of hydrogen-bond donors (Lipinski definition) is 2. The van der Waals surface area contributed by atoms with Crippen LogP contribution in [0.1, 0.15) is 51.8 Å². The van der Waals surface area contributed by atoms with Crippen molar-refractivity contribution in [2.45, 2.75) is 25.3 Å². The van der Waals surface area contributed by atoms with Gasteiger partial charge in [0.1, 0.15) is 15.7 Å². The molecule has 2 amide bonds. The van der Waals surface area contributed by atoms with Crippen LogP contribution >= 0.6 is 27.5 Å². The maximum absolute atomic E-state index is 13.1. The zero-order chi connectivity index (χ0) is 24.5. The Bertz CT molecular complexity index is 1350. The van der Waals surface area contributed by atoms with Crippen LogP contribution in [0.5, 0.6) is 0 Å². The predicted molar refractivity (Wildman–Crippen MR) is 135 cm³/mol. The number of nitrogens with zero attached hydrogens (tertiary/aromatic N) is 2. The largest absolute Gasteiger partial charge is 0.342 e. The summed E-state index contributed by atoms with van der Waals surface area (Å²) in [5.74, 6) is -0.154. The van der Waals surface area contributed by atoms with E-state index in [1.165, 1.54) is 0 Å². The van der Waals surface area contributed by atoms with Gasteiger partial charge in [0.25, 0.3) is 11.8 Å². The summed E-state index contributed by atoms with van der Waals surface area (Å²) in [6, 6.07) is 9.34. The second kappa shape index (κ2) is 10.1. The SMILES string of the molecule is CS(=O)(=O)CC[C@H](NC(=O)c1ccc(C(=O)N2CCCC2)c(Br)c1)c1nc2ccc(Cl)cc2[nH]1. The highest BCUT2D eigenvalue weighted by Gasteiger charge is 2.24. The lowest BCUT2D eigenvalue weighted by Gasteiger charge is -2.18. The Hall–Kier alpha value is -2.43. The molecule has 1 aliphatic rings. The first kappa shape index (κ1) is 24.7. The van der Waals surface area contributed by atoms with E-state index in [4.69, 9.17) is 11.6 Å². The number of benzene rings is 2. The second-order valence-corrected chi connectivity index (χ2v) is 12.0. The van der Waals surface area contributed by atoms with Crippen LogP contribution < -0.4 is 5.32 Å². The Balaban J connectivity index is 1.57. The van der Waals surface area contributed by atoms with Gasteiger partial charge in [-0.2, -0.15) is 0 Å². The number of likely N-dealkylation sites (tertiary alicyclic amines) is 1. The van der Waals surface area contributed by atoms with E-state index in [1.54, 1.807) is 41.3 Å². The Labute approximate surface area is 211 Å². The van der Waals surface area contributed by atoms with E-state index in [0.717, 1.165) is 32.2 Å². The highest BCUT2D eigenvalue weighted by Crippen LogP contribution is 2.25. The molecule has 0 spiro atoms. The molecule has 34 heavy (non-hydrogen) atoms. The molecular formula is C23H24BrClN4O4S. The Kier molecular flexibility index (Phi) is 7.30. The van der Waals surface area contributed by atoms with Gasteiger partial charge in [-0.05, 0) is 71.6 Å². The molecule has 8 nitrogen and oxygen atoms in total. The van der Waals surface area contributed by atoms with E-state index >= 15 is 0 Å². The van der Waals surface area contributed by atoms with Crippen molar-refractivity contribution in [1.82, 2.24) is 20.2 Å². The molecule has 0 unspecified atom stereocenters. The van der Waals surface area contributed by atoms with Gasteiger partial charge in [-0.3, -0.25) is 9.59 Å². The molecule has 2 aromatic carbocycles. The van der Waals surface area contributed by atoms with Crippen molar-refractivity contribution >= 4 is 60.2 Å². The third kappa shape index (κ3) is 5.79. The van der Waals surface area contributed by atoms with Gasteiger partial charge in [0.05, 0.1) is 28.4 Å². The number of nitrogens with one attached hydrogen (secondary N) is 2. The van der Waals surface area contributed by atoms with E-state index in [2.05, 4.69) is 31.2 Å². The number of halogens is 2. The average molecular weight is 568 g/mol. The van der Waals surface area contributed by atoms with Crippen LogP contribution in [0.3, 0.4) is 0 Å². The zero-order valence-corrected chi connectivity index (χ0v) is 21.6. The standard InChI is InChI=1S/C23H24BrClN4O4S/c1-34(32,33)11-8-19(21-26-18-7-5-15(25)13-20(18)27-21)28-22(30)14-4-6-16(17(24)12-14)23(31)29-9-2-3-10-29/h4-7,12-13,19H,2-3,8-11H2,1H3,(H,26,27)(H,28,30)/t19-/m0/s1. The highest BCUT2D eigenvalue weighted by molar-refractivity contribution is 9.10. The van der Waals surface area contributed by atoms with Crippen LogP contribution in [0.25, 0.3) is 11.0 Å². The monoisotopic (exact) mass is 566 g/mol. The zero-order valence-electron chi connectivity index (χ0n) is 18.5. The molecule has 180 valence electrons. The minimum atomic E-state index is -3.26. The van der Waals surface area contributed by atoms with Crippen molar-refractivity contribution in [3.05, 3.63) is 62.8 Å². The van der Waals surface area contributed by atoms with Crippen molar-refractivity contribution in [3.63, 3.8) is 0 Å². The van der Waals surface area contributed by atoms with Crippen molar-refractivity contribution in [2.75, 3.05) is 25.1 Å². The molecule has 4 rings (SSSR count). The van der Waals surface area contributed by atoms with Gasteiger partial charge in [0.2, 0.25) is 0 Å². The van der Waals surface area contributed by atoms with E-state index in [0.29, 0.717) is 37.5 Å². The molecule has 1 aliphatic heterocycles. The second-order valence-electron chi connectivity index (χ2n) is 8.42. The number of H-pyrrole nitrogens is 1. The first-order chi connectivity index (χ1) is 16.1. The molecule has 2 N–H and O–H groups in total. The number of aromatic nitrogens is 2. The fourth-order valence-electron chi connectivity index (χ4n) is 3.94. The van der Waals surface area contributed by atoms with Crippen LogP contribution in [-0.2, 0) is 9.84 Å². The predicted octanol–water partition coefficient (Wildman–Crippen LogP) is 4.12. The van der Waals surface area contributed by atoms with Crippen molar-refractivity contribution in [2.24, 2.45) is 0 Å². The van der Waals surface area contributed by atoms with E-state index in [1.807, 2.05) is 0 Å². The number of imidazole rings is 1. The molecule has 1 aromatic heterocycles. The molecule has 0 bridgehead atoms. The molecule has 2 heterocycles. The molecule has 11 heteroatoms. The lowest BCUT2D eigenvalue weighted by molar-refractivity contribution is 0.0791. The average Bonchev–Trinajstić information content (AvgIpc) is 3.45. The van der Waals surface area contributed by atoms with Gasteiger partial charge >= 0.3 is 0 Å². The van der Waals surface area contributed by atoms with Crippen LogP contribution in [0.15, 0.2) is 40.9 Å². The molecular weight excluding hydrogens is 544 g/mol. The minimum absolute atomic E-state index is 0.0664. The van der Waals surface area contributed by atoms with Crippen LogP contribution in [0, 0.1) is 0 Å². The molecule has 3 aromatic rings. The van der Waals surface area contributed by atoms with E-state index in [9.17, 15) is 18.0 Å². The summed E-state index contributed by atoms with van der Waals surface area (Å²) in [4.78, 5) is 35.2. The molecule has 1 fully saturated rings. The number of hydrogen-bond acceptors (Lipinski definition) is 5. The van der Waals surface area contributed by atoms with Gasteiger partial charge in [-0.1, -0.05) is 11.6 Å². The lowest BCUT2D eigenvalue weighted by Crippen LogP contribution is -2.31. The number of fused-ring (bicyclic) bond motifs is 1. The molecule has 0 saturated carbocycles. The van der Waals surface area contributed by atoms with Gasteiger partial charge in [-0.15, -0.1) is 0 Å². The fourth-order valence-corrected chi connectivity index (χ4v) is 5.32. The van der Waals surface area contributed by atoms with Crippen LogP contribution in [-0.4, -0.2) is 60.2 Å². The first-order valence-electron chi connectivity index (χ1n) is 10.8. The molecule has 0 aliphatic carbocycles. The van der Waals surface area contributed by atoms with E-state index in [-0.39, 0.29) is 18.1 Å². The van der Waals surface area contributed by atoms with E-state index < -0.39 is 21.8 Å². The van der Waals surface area contributed by atoms with Gasteiger partial charge in [-0.25, -0.2) is 13.4 Å². The summed E-state index contributed by atoms with van der Waals surface area (Å²) in [5, 5.41) is 3.42. The fraction of sp³-hybridized carbons (Fsp3) is 0.348. The smallest absolute Gasteiger partial charge is 0.254 e. The summed E-state index contributed by atoms with van der Waals surface area (Å²) in [6.07, 6.45) is 3.28. The molecule has 1 saturated heterocycles. The Morgan fingerprint density at radius 2 is 1.94 bits per heavy atom. The van der Waals surface area contributed by atoms with Crippen molar-refractivity contribution in [1.29, 1.82) is 0 Å². The molecule has 1 atom stereocenters. The summed E-state index contributed by atoms with van der Waals surface area (Å²) >= 11 is 9.48. The summed E-state index contributed by atoms with van der Waals surface area (Å²) < 4.78 is 24.1. The summed E-state index contributed by atoms with van der Waals surface area (Å²) in [5.41, 5.74) is 2.19. The number of rotatable bonds is 7. The number of carbonyl (C=O) groups is 2. The number of carbonyl (C=O) groups excluding carboxylic acids is 2. The number of amides is 2. The topological polar surface area (TPSA) is 112 Å². The quantitative estimate of drug-likeness (QED) is 0.446. The lowest BCUT2D eigenvalue weighted by atomic mass is 10.1. The third-order valence-electron chi connectivity index (χ3n) is 5.73. The minimum Gasteiger partial charge on any atom is -0.342 e. The Morgan fingerprint density at radius 3 is 2.62 bits per heavy atom. The normalized spacial score (nSPS) is 15.0. The van der Waals surface area contributed by atoms with Crippen LogP contribution in [0.2, 0.25) is 5.02 Å². The maximum Gasteiger partial charge on any atom is 0.254 e. The van der Waals surface area contributed by atoms with Crippen LogP contribution in [0.4, 0.5) is 0 Å². The first-order valence-corrected chi connectivity index (χ1v) is 14.1. The van der Waals surface area contributed by atoms with Gasteiger partial charge in [0.15, 0.2) is 0 Å². The Morgan fingerprint density at radius 1 is 1.21 bits per heavy atom. The highest BCUT2D eigenvalue weighted by atomic mass is 79.9. The van der Waals surface area contributed by atoms with Gasteiger partial charge < -0.3 is 15.2 Å². The summed E-state index contributed by atoms with van der Waals surface area (Å²) in [6.45, 7) is 1.47. The van der Waals surface area contributed by atoms with Crippen molar-refractivity contribution in [3.8, 4) is 0 Å². The summed E-state index contributed by atoms with van der Waals surface area (Å²) in [7, 11) is -3.26. The number of aromatic amines is 1.